The fraction of sp³-hybridized carbons (Fsp3) is 0.632. The Morgan fingerprint density at radius 3 is 2.52 bits per heavy atom. The van der Waals surface area contributed by atoms with E-state index in [-0.39, 0.29) is 6.61 Å². The van der Waals surface area contributed by atoms with Gasteiger partial charge >= 0.3 is 0 Å². The number of piperazine rings is 1. The van der Waals surface area contributed by atoms with Crippen molar-refractivity contribution in [2.24, 2.45) is 11.8 Å². The number of para-hydroxylation sites is 2. The second-order valence-electron chi connectivity index (χ2n) is 7.31. The second-order valence-corrected chi connectivity index (χ2v) is 7.31. The molecule has 0 unspecified atom stereocenters. The van der Waals surface area contributed by atoms with Crippen LogP contribution in [0.3, 0.4) is 0 Å². The van der Waals surface area contributed by atoms with E-state index in [2.05, 4.69) is 26.6 Å². The normalized spacial score (nSPS) is 25.9. The molecule has 2 atom stereocenters. The predicted octanol–water partition coefficient (Wildman–Crippen LogP) is 1.51. The van der Waals surface area contributed by atoms with Gasteiger partial charge in [-0.1, -0.05) is 19.1 Å². The molecule has 6 heteroatoms. The molecule has 2 fully saturated rings. The predicted molar refractivity (Wildman–Crippen MR) is 98.8 cm³/mol. The number of benzene rings is 1. The molecule has 1 aromatic carbocycles. The molecule has 4 rings (SSSR count). The first-order valence-electron chi connectivity index (χ1n) is 9.43. The summed E-state index contributed by atoms with van der Waals surface area (Å²) in [5.41, 5.74) is 1.73. The fourth-order valence-electron chi connectivity index (χ4n) is 4.12. The lowest BCUT2D eigenvalue weighted by Gasteiger charge is -2.36. The Kier molecular flexibility index (Phi) is 4.92. The molecule has 2 aromatic rings. The van der Waals surface area contributed by atoms with Crippen molar-refractivity contribution in [3.8, 4) is 0 Å². The lowest BCUT2D eigenvalue weighted by Crippen LogP contribution is -2.48. The number of hydrogen-bond acceptors (Lipinski definition) is 6. The van der Waals surface area contributed by atoms with E-state index in [1.54, 1.807) is 0 Å². The quantitative estimate of drug-likeness (QED) is 0.887. The number of anilines is 1. The first-order chi connectivity index (χ1) is 12.3. The topological polar surface area (TPSA) is 56.0 Å². The summed E-state index contributed by atoms with van der Waals surface area (Å²) in [5, 5.41) is 9.85. The Bertz CT molecular complexity index is 663. The maximum atomic E-state index is 9.85. The Labute approximate surface area is 149 Å². The van der Waals surface area contributed by atoms with Gasteiger partial charge in [-0.3, -0.25) is 0 Å². The van der Waals surface area contributed by atoms with Crippen molar-refractivity contribution >= 4 is 17.1 Å². The lowest BCUT2D eigenvalue weighted by molar-refractivity contribution is 0.106. The summed E-state index contributed by atoms with van der Waals surface area (Å²) in [6.45, 7) is 11.0. The molecule has 6 nitrogen and oxygen atoms in total. The molecule has 3 heterocycles. The monoisotopic (exact) mass is 344 g/mol. The second kappa shape index (κ2) is 7.32. The van der Waals surface area contributed by atoms with E-state index in [1.165, 1.54) is 0 Å². The summed E-state index contributed by atoms with van der Waals surface area (Å²) in [6.07, 6.45) is 0. The lowest BCUT2D eigenvalue weighted by atomic mass is 9.96. The molecule has 25 heavy (non-hydrogen) atoms. The summed E-state index contributed by atoms with van der Waals surface area (Å²) in [5.74, 6) is 0.757. The Hall–Kier alpha value is -1.63. The molecule has 0 spiro atoms. The van der Waals surface area contributed by atoms with E-state index < -0.39 is 0 Å². The average Bonchev–Trinajstić information content (AvgIpc) is 3.26. The minimum atomic E-state index is 0.232. The van der Waals surface area contributed by atoms with Crippen LogP contribution in [0.15, 0.2) is 28.7 Å². The standard InChI is InChI=1S/C19H28N4O2/c1-2-21-7-9-22(10-8-21)11-15-12-23(13-16(15)14-24)19-20-17-5-3-4-6-18(17)25-19/h3-6,15-16,24H,2,7-14H2,1H3/t15-,16-/m1/s1. The van der Waals surface area contributed by atoms with Gasteiger partial charge in [-0.2, -0.15) is 4.98 Å². The van der Waals surface area contributed by atoms with E-state index in [4.69, 9.17) is 4.42 Å². The zero-order valence-corrected chi connectivity index (χ0v) is 15.0. The van der Waals surface area contributed by atoms with Gasteiger partial charge in [0.1, 0.15) is 5.52 Å². The minimum absolute atomic E-state index is 0.232. The van der Waals surface area contributed by atoms with E-state index in [0.717, 1.165) is 63.5 Å². The fourth-order valence-corrected chi connectivity index (χ4v) is 4.12. The molecule has 0 amide bonds. The van der Waals surface area contributed by atoms with E-state index in [0.29, 0.717) is 17.9 Å². The summed E-state index contributed by atoms with van der Waals surface area (Å²) in [6, 6.07) is 8.57. The molecule has 0 saturated carbocycles. The molecule has 0 radical (unpaired) electrons. The molecule has 0 bridgehead atoms. The minimum Gasteiger partial charge on any atom is -0.423 e. The number of aliphatic hydroxyl groups excluding tert-OH is 1. The summed E-state index contributed by atoms with van der Waals surface area (Å²) in [7, 11) is 0. The van der Waals surface area contributed by atoms with Gasteiger partial charge in [-0.25, -0.2) is 0 Å². The van der Waals surface area contributed by atoms with Gasteiger partial charge in [0, 0.05) is 58.3 Å². The zero-order valence-electron chi connectivity index (χ0n) is 15.0. The van der Waals surface area contributed by atoms with Crippen molar-refractivity contribution in [1.29, 1.82) is 0 Å². The van der Waals surface area contributed by atoms with Gasteiger partial charge in [0.15, 0.2) is 5.58 Å². The van der Waals surface area contributed by atoms with Gasteiger partial charge < -0.3 is 24.2 Å². The van der Waals surface area contributed by atoms with E-state index in [9.17, 15) is 5.11 Å². The third-order valence-corrected chi connectivity index (χ3v) is 5.77. The Morgan fingerprint density at radius 1 is 1.08 bits per heavy atom. The maximum Gasteiger partial charge on any atom is 0.298 e. The van der Waals surface area contributed by atoms with Crippen LogP contribution in [-0.2, 0) is 0 Å². The first kappa shape index (κ1) is 16.8. The highest BCUT2D eigenvalue weighted by Crippen LogP contribution is 2.30. The van der Waals surface area contributed by atoms with E-state index >= 15 is 0 Å². The number of aliphatic hydroxyl groups is 1. The van der Waals surface area contributed by atoms with Crippen molar-refractivity contribution in [2.45, 2.75) is 6.92 Å². The first-order valence-corrected chi connectivity index (χ1v) is 9.43. The Morgan fingerprint density at radius 2 is 1.80 bits per heavy atom. The van der Waals surface area contributed by atoms with Crippen LogP contribution in [-0.4, -0.2) is 78.9 Å². The van der Waals surface area contributed by atoms with Crippen LogP contribution >= 0.6 is 0 Å². The highest BCUT2D eigenvalue weighted by Gasteiger charge is 2.36. The number of fused-ring (bicyclic) bond motifs is 1. The summed E-state index contributed by atoms with van der Waals surface area (Å²) in [4.78, 5) is 11.9. The molecule has 136 valence electrons. The number of aromatic nitrogens is 1. The molecule has 2 saturated heterocycles. The van der Waals surface area contributed by atoms with Crippen molar-refractivity contribution in [3.05, 3.63) is 24.3 Å². The number of likely N-dealkylation sites (N-methyl/N-ethyl adjacent to an activating group) is 1. The van der Waals surface area contributed by atoms with Crippen molar-refractivity contribution in [1.82, 2.24) is 14.8 Å². The molecular weight excluding hydrogens is 316 g/mol. The number of rotatable bonds is 5. The van der Waals surface area contributed by atoms with Gasteiger partial charge in [0.05, 0.1) is 0 Å². The molecule has 2 aliphatic heterocycles. The molecule has 1 N–H and O–H groups in total. The van der Waals surface area contributed by atoms with Crippen LogP contribution in [0.1, 0.15) is 6.92 Å². The summed E-state index contributed by atoms with van der Waals surface area (Å²) >= 11 is 0. The number of oxazole rings is 1. The van der Waals surface area contributed by atoms with Crippen LogP contribution in [0.25, 0.3) is 11.1 Å². The average molecular weight is 344 g/mol. The molecular formula is C19H28N4O2. The van der Waals surface area contributed by atoms with E-state index in [1.807, 2.05) is 24.3 Å². The van der Waals surface area contributed by atoms with Crippen LogP contribution in [0.2, 0.25) is 0 Å². The van der Waals surface area contributed by atoms with Crippen molar-refractivity contribution < 1.29 is 9.52 Å². The molecule has 1 aromatic heterocycles. The van der Waals surface area contributed by atoms with Gasteiger partial charge in [0.2, 0.25) is 0 Å². The van der Waals surface area contributed by atoms with Crippen LogP contribution < -0.4 is 4.90 Å². The summed E-state index contributed by atoms with van der Waals surface area (Å²) < 4.78 is 5.92. The SMILES string of the molecule is CCN1CCN(C[C@@H]2CN(c3nc4ccccc4o3)C[C@@H]2CO)CC1. The van der Waals surface area contributed by atoms with Gasteiger partial charge in [-0.15, -0.1) is 0 Å². The number of nitrogens with zero attached hydrogens (tertiary/aromatic N) is 4. The number of hydrogen-bond donors (Lipinski definition) is 1. The van der Waals surface area contributed by atoms with Crippen LogP contribution in [0.5, 0.6) is 0 Å². The smallest absolute Gasteiger partial charge is 0.298 e. The third-order valence-electron chi connectivity index (χ3n) is 5.77. The molecule has 2 aliphatic rings. The zero-order chi connectivity index (χ0) is 17.2. The largest absolute Gasteiger partial charge is 0.423 e. The third kappa shape index (κ3) is 3.52. The van der Waals surface area contributed by atoms with Crippen LogP contribution in [0, 0.1) is 11.8 Å². The van der Waals surface area contributed by atoms with Crippen molar-refractivity contribution in [3.63, 3.8) is 0 Å². The Balaban J connectivity index is 1.41. The van der Waals surface area contributed by atoms with Gasteiger partial charge in [-0.05, 0) is 24.6 Å². The van der Waals surface area contributed by atoms with Gasteiger partial charge in [0.25, 0.3) is 6.01 Å². The van der Waals surface area contributed by atoms with Crippen molar-refractivity contribution in [2.75, 3.05) is 63.9 Å². The molecule has 0 aliphatic carbocycles. The maximum absolute atomic E-state index is 9.85. The van der Waals surface area contributed by atoms with Crippen LogP contribution in [0.4, 0.5) is 6.01 Å². The highest BCUT2D eigenvalue weighted by atomic mass is 16.4. The highest BCUT2D eigenvalue weighted by molar-refractivity contribution is 5.74.